The van der Waals surface area contributed by atoms with Crippen LogP contribution in [0.15, 0.2) is 18.5 Å². The summed E-state index contributed by atoms with van der Waals surface area (Å²) in [4.78, 5) is 4.21. The van der Waals surface area contributed by atoms with Gasteiger partial charge in [0.05, 0.1) is 0 Å². The van der Waals surface area contributed by atoms with Gasteiger partial charge in [-0.2, -0.15) is 0 Å². The third-order valence-corrected chi connectivity index (χ3v) is 3.69. The zero-order chi connectivity index (χ0) is 13.9. The van der Waals surface area contributed by atoms with Crippen molar-refractivity contribution in [3.05, 3.63) is 29.6 Å². The fourth-order valence-electron chi connectivity index (χ4n) is 2.45. The maximum Gasteiger partial charge on any atom is 0.0315 e. The third-order valence-electron chi connectivity index (χ3n) is 3.69. The Labute approximate surface area is 118 Å². The third kappa shape index (κ3) is 7.31. The van der Waals surface area contributed by atoms with E-state index in [2.05, 4.69) is 24.9 Å². The molecule has 1 unspecified atom stereocenters. The van der Waals surface area contributed by atoms with Gasteiger partial charge in [0, 0.05) is 18.4 Å². The van der Waals surface area contributed by atoms with Gasteiger partial charge >= 0.3 is 0 Å². The summed E-state index contributed by atoms with van der Waals surface area (Å²) < 4.78 is 0. The summed E-state index contributed by atoms with van der Waals surface area (Å²) >= 11 is 0. The molecule has 108 valence electrons. The highest BCUT2D eigenvalue weighted by molar-refractivity contribution is 5.19. The summed E-state index contributed by atoms with van der Waals surface area (Å²) in [5, 5.41) is 0. The monoisotopic (exact) mass is 262 g/mol. The molecule has 0 spiro atoms. The lowest BCUT2D eigenvalue weighted by Crippen LogP contribution is -2.10. The standard InChI is InChI=1S/C17H30N2/c1-3-4-5-6-7-8-9-10-11-17(18)16-12-15(2)13-19-14-16/h12-14,17H,3-11,18H2,1-2H3. The fourth-order valence-corrected chi connectivity index (χ4v) is 2.45. The maximum atomic E-state index is 6.20. The minimum Gasteiger partial charge on any atom is -0.324 e. The zero-order valence-corrected chi connectivity index (χ0v) is 12.7. The second kappa shape index (κ2) is 9.96. The molecule has 2 nitrogen and oxygen atoms in total. The highest BCUT2D eigenvalue weighted by atomic mass is 14.7. The molecule has 0 aliphatic heterocycles. The molecule has 0 aliphatic rings. The summed E-state index contributed by atoms with van der Waals surface area (Å²) in [6.07, 6.45) is 15.7. The van der Waals surface area contributed by atoms with Crippen LogP contribution in [-0.2, 0) is 0 Å². The van der Waals surface area contributed by atoms with Crippen LogP contribution in [0.4, 0.5) is 0 Å². The van der Waals surface area contributed by atoms with E-state index in [4.69, 9.17) is 5.73 Å². The van der Waals surface area contributed by atoms with Gasteiger partial charge in [-0.1, -0.05) is 64.4 Å². The van der Waals surface area contributed by atoms with Crippen molar-refractivity contribution in [2.75, 3.05) is 0 Å². The Bertz CT molecular complexity index is 336. The molecule has 0 fully saturated rings. The quantitative estimate of drug-likeness (QED) is 0.608. The molecule has 1 aromatic rings. The first-order valence-electron chi connectivity index (χ1n) is 7.91. The van der Waals surface area contributed by atoms with Crippen LogP contribution in [0, 0.1) is 6.92 Å². The smallest absolute Gasteiger partial charge is 0.0315 e. The Balaban J connectivity index is 2.06. The lowest BCUT2D eigenvalue weighted by molar-refractivity contribution is 0.535. The summed E-state index contributed by atoms with van der Waals surface area (Å²) in [6.45, 7) is 4.33. The van der Waals surface area contributed by atoms with Crippen molar-refractivity contribution in [2.45, 2.75) is 77.7 Å². The number of nitrogens with two attached hydrogens (primary N) is 1. The van der Waals surface area contributed by atoms with Crippen molar-refractivity contribution in [2.24, 2.45) is 5.73 Å². The van der Waals surface area contributed by atoms with Crippen molar-refractivity contribution in [3.63, 3.8) is 0 Å². The van der Waals surface area contributed by atoms with Gasteiger partial charge in [-0.3, -0.25) is 4.98 Å². The molecular weight excluding hydrogens is 232 g/mol. The van der Waals surface area contributed by atoms with E-state index in [0.29, 0.717) is 0 Å². The Morgan fingerprint density at radius 3 is 2.26 bits per heavy atom. The maximum absolute atomic E-state index is 6.20. The second-order valence-corrected chi connectivity index (χ2v) is 5.67. The first-order valence-corrected chi connectivity index (χ1v) is 7.91. The molecule has 0 radical (unpaired) electrons. The van der Waals surface area contributed by atoms with Crippen LogP contribution >= 0.6 is 0 Å². The molecule has 2 heteroatoms. The first kappa shape index (κ1) is 16.2. The first-order chi connectivity index (χ1) is 9.24. The highest BCUT2D eigenvalue weighted by Crippen LogP contribution is 2.18. The summed E-state index contributed by atoms with van der Waals surface area (Å²) in [5.74, 6) is 0. The molecule has 0 saturated heterocycles. The van der Waals surface area contributed by atoms with E-state index in [1.165, 1.54) is 62.5 Å². The van der Waals surface area contributed by atoms with Gasteiger partial charge in [0.2, 0.25) is 0 Å². The van der Waals surface area contributed by atoms with Crippen molar-refractivity contribution in [1.29, 1.82) is 0 Å². The number of unbranched alkanes of at least 4 members (excludes halogenated alkanes) is 7. The van der Waals surface area contributed by atoms with Crippen LogP contribution in [0.2, 0.25) is 0 Å². The van der Waals surface area contributed by atoms with Crippen LogP contribution in [0.5, 0.6) is 0 Å². The molecule has 0 amide bonds. The minimum atomic E-state index is 0.160. The van der Waals surface area contributed by atoms with Gasteiger partial charge < -0.3 is 5.73 Å². The molecule has 1 rings (SSSR count). The number of aromatic nitrogens is 1. The number of pyridine rings is 1. The van der Waals surface area contributed by atoms with Crippen molar-refractivity contribution in [1.82, 2.24) is 4.98 Å². The number of rotatable bonds is 10. The van der Waals surface area contributed by atoms with Crippen LogP contribution < -0.4 is 5.73 Å². The van der Waals surface area contributed by atoms with Gasteiger partial charge in [0.25, 0.3) is 0 Å². The molecule has 1 heterocycles. The van der Waals surface area contributed by atoms with Crippen LogP contribution in [-0.4, -0.2) is 4.98 Å². The Kier molecular flexibility index (Phi) is 8.48. The van der Waals surface area contributed by atoms with Gasteiger partial charge in [0.15, 0.2) is 0 Å². The molecular formula is C17H30N2. The molecule has 0 aromatic carbocycles. The number of aryl methyl sites for hydroxylation is 1. The van der Waals surface area contributed by atoms with Crippen molar-refractivity contribution < 1.29 is 0 Å². The van der Waals surface area contributed by atoms with Crippen LogP contribution in [0.3, 0.4) is 0 Å². The summed E-state index contributed by atoms with van der Waals surface area (Å²) in [5.41, 5.74) is 8.59. The van der Waals surface area contributed by atoms with E-state index in [9.17, 15) is 0 Å². The molecule has 19 heavy (non-hydrogen) atoms. The average Bonchev–Trinajstić information content (AvgIpc) is 2.41. The van der Waals surface area contributed by atoms with Crippen LogP contribution in [0.1, 0.15) is 81.9 Å². The number of hydrogen-bond donors (Lipinski definition) is 1. The predicted octanol–water partition coefficient (Wildman–Crippen LogP) is 4.92. The van der Waals surface area contributed by atoms with Crippen molar-refractivity contribution >= 4 is 0 Å². The Hall–Kier alpha value is -0.890. The van der Waals surface area contributed by atoms with E-state index in [1.54, 1.807) is 0 Å². The molecule has 0 saturated carbocycles. The highest BCUT2D eigenvalue weighted by Gasteiger charge is 2.05. The van der Waals surface area contributed by atoms with E-state index >= 15 is 0 Å². The average molecular weight is 262 g/mol. The molecule has 2 N–H and O–H groups in total. The molecule has 1 aromatic heterocycles. The van der Waals surface area contributed by atoms with Crippen molar-refractivity contribution in [3.8, 4) is 0 Å². The topological polar surface area (TPSA) is 38.9 Å². The van der Waals surface area contributed by atoms with E-state index in [0.717, 1.165) is 6.42 Å². The SMILES string of the molecule is CCCCCCCCCCC(N)c1cncc(C)c1. The molecule has 0 bridgehead atoms. The molecule has 0 aliphatic carbocycles. The molecule has 1 atom stereocenters. The minimum absolute atomic E-state index is 0.160. The number of nitrogens with zero attached hydrogens (tertiary/aromatic N) is 1. The number of hydrogen-bond acceptors (Lipinski definition) is 2. The predicted molar refractivity (Wildman–Crippen MR) is 83.1 cm³/mol. The fraction of sp³-hybridized carbons (Fsp3) is 0.706. The largest absolute Gasteiger partial charge is 0.324 e. The Morgan fingerprint density at radius 1 is 1.00 bits per heavy atom. The van der Waals surface area contributed by atoms with Gasteiger partial charge in [0.1, 0.15) is 0 Å². The van der Waals surface area contributed by atoms with E-state index < -0.39 is 0 Å². The van der Waals surface area contributed by atoms with Gasteiger partial charge in [-0.15, -0.1) is 0 Å². The lowest BCUT2D eigenvalue weighted by Gasteiger charge is -2.12. The van der Waals surface area contributed by atoms with E-state index in [1.807, 2.05) is 12.4 Å². The van der Waals surface area contributed by atoms with Crippen LogP contribution in [0.25, 0.3) is 0 Å². The summed E-state index contributed by atoms with van der Waals surface area (Å²) in [7, 11) is 0. The zero-order valence-electron chi connectivity index (χ0n) is 12.7. The normalized spacial score (nSPS) is 12.6. The second-order valence-electron chi connectivity index (χ2n) is 5.67. The van der Waals surface area contributed by atoms with Gasteiger partial charge in [-0.05, 0) is 24.5 Å². The lowest BCUT2D eigenvalue weighted by atomic mass is 10.0. The van der Waals surface area contributed by atoms with Gasteiger partial charge in [-0.25, -0.2) is 0 Å². The summed E-state index contributed by atoms with van der Waals surface area (Å²) in [6, 6.07) is 2.31. The van der Waals surface area contributed by atoms with E-state index in [-0.39, 0.29) is 6.04 Å². The Morgan fingerprint density at radius 2 is 1.63 bits per heavy atom.